The molecule has 2 aromatic rings. The number of hydrogen-bond acceptors (Lipinski definition) is 4. The predicted octanol–water partition coefficient (Wildman–Crippen LogP) is 4.14. The van der Waals surface area contributed by atoms with Crippen LogP contribution in [-0.4, -0.2) is 11.0 Å². The lowest BCUT2D eigenvalue weighted by Crippen LogP contribution is -2.36. The van der Waals surface area contributed by atoms with E-state index in [1.54, 1.807) is 6.07 Å². The third-order valence-corrected chi connectivity index (χ3v) is 3.77. The van der Waals surface area contributed by atoms with Crippen molar-refractivity contribution in [3.8, 4) is 23.6 Å². The van der Waals surface area contributed by atoms with E-state index in [2.05, 4.69) is 0 Å². The molecule has 3 rings (SSSR count). The molecular weight excluding hydrogens is 359 g/mol. The first-order chi connectivity index (χ1) is 12.5. The van der Waals surface area contributed by atoms with Crippen molar-refractivity contribution in [2.75, 3.05) is 0 Å². The zero-order valence-corrected chi connectivity index (χ0v) is 12.5. The fourth-order valence-electron chi connectivity index (χ4n) is 2.58. The number of nitriles is 2. The minimum absolute atomic E-state index is 0.153. The first kappa shape index (κ1) is 16.3. The van der Waals surface area contributed by atoms with Crippen LogP contribution in [0.25, 0.3) is 0 Å². The maximum Gasteiger partial charge on any atom is 0.343 e. The van der Waals surface area contributed by atoms with Gasteiger partial charge in [-0.15, -0.1) is 0 Å². The second-order valence-corrected chi connectivity index (χ2v) is 5.36. The maximum atomic E-state index is 14.0. The van der Waals surface area contributed by atoms with Crippen molar-refractivity contribution < 1.29 is 33.2 Å². The van der Waals surface area contributed by atoms with Crippen molar-refractivity contribution in [3.63, 3.8) is 0 Å². The topological polar surface area (TPSA) is 77.0 Å². The van der Waals surface area contributed by atoms with Gasteiger partial charge in [0.05, 0.1) is 13.0 Å². The SMILES string of the molecule is [2H][C@@]1(O)c2c(ccc(Oc3cc(F)cc(C#N)c3)c2C#N)C(F)(F)C1(F)F. The molecule has 1 atom stereocenters. The molecule has 0 amide bonds. The monoisotopic (exact) mass is 367 g/mol. The molecule has 0 aliphatic heterocycles. The van der Waals surface area contributed by atoms with Crippen molar-refractivity contribution in [2.45, 2.75) is 17.9 Å². The number of halogens is 5. The summed E-state index contributed by atoms with van der Waals surface area (Å²) in [5, 5.41) is 27.8. The van der Waals surface area contributed by atoms with Crippen LogP contribution >= 0.6 is 0 Å². The molecule has 132 valence electrons. The lowest BCUT2D eigenvalue weighted by atomic mass is 10.0. The van der Waals surface area contributed by atoms with Gasteiger partial charge in [-0.25, -0.2) is 4.39 Å². The third-order valence-electron chi connectivity index (χ3n) is 3.77. The number of ether oxygens (including phenoxy) is 1. The molecule has 1 aliphatic carbocycles. The summed E-state index contributed by atoms with van der Waals surface area (Å²) in [4.78, 5) is 0. The Kier molecular flexibility index (Phi) is 3.56. The smallest absolute Gasteiger partial charge is 0.343 e. The van der Waals surface area contributed by atoms with Crippen LogP contribution in [0.3, 0.4) is 0 Å². The molecule has 2 aromatic carbocycles. The van der Waals surface area contributed by atoms with Gasteiger partial charge in [-0.1, -0.05) is 0 Å². The highest BCUT2D eigenvalue weighted by Gasteiger charge is 2.69. The Morgan fingerprint density at radius 1 is 1.12 bits per heavy atom. The Bertz CT molecular complexity index is 1040. The molecule has 0 heterocycles. The number of alkyl halides is 4. The summed E-state index contributed by atoms with van der Waals surface area (Å²) in [5.74, 6) is -11.8. The second kappa shape index (κ2) is 5.68. The van der Waals surface area contributed by atoms with Crippen LogP contribution in [0.5, 0.6) is 11.5 Å². The first-order valence-electron chi connectivity index (χ1n) is 7.42. The number of benzene rings is 2. The van der Waals surface area contributed by atoms with E-state index in [0.29, 0.717) is 6.07 Å². The van der Waals surface area contributed by atoms with Crippen LogP contribution in [-0.2, 0) is 5.92 Å². The van der Waals surface area contributed by atoms with Crippen LogP contribution in [0.2, 0.25) is 0 Å². The average Bonchev–Trinajstić information content (AvgIpc) is 2.69. The predicted molar refractivity (Wildman–Crippen MR) is 76.1 cm³/mol. The fraction of sp³-hybridized carbons (Fsp3) is 0.176. The van der Waals surface area contributed by atoms with Gasteiger partial charge in [-0.05, 0) is 24.3 Å². The van der Waals surface area contributed by atoms with Gasteiger partial charge in [0.1, 0.15) is 28.9 Å². The third kappa shape index (κ3) is 2.37. The minimum Gasteiger partial charge on any atom is -0.456 e. The van der Waals surface area contributed by atoms with Crippen LogP contribution in [0.4, 0.5) is 22.0 Å². The highest BCUT2D eigenvalue weighted by molar-refractivity contribution is 5.59. The summed E-state index contributed by atoms with van der Waals surface area (Å²) in [7, 11) is 0. The maximum absolute atomic E-state index is 14.0. The Morgan fingerprint density at radius 3 is 2.42 bits per heavy atom. The molecule has 0 aromatic heterocycles. The molecular formula is C17H7F5N2O2. The summed E-state index contributed by atoms with van der Waals surface area (Å²) in [6, 6.07) is 7.02. The summed E-state index contributed by atoms with van der Waals surface area (Å²) in [6.07, 6.45) is -4.09. The minimum atomic E-state index is -5.20. The van der Waals surface area contributed by atoms with Gasteiger partial charge in [0.25, 0.3) is 0 Å². The number of hydrogen-bond donors (Lipinski definition) is 1. The fourth-order valence-corrected chi connectivity index (χ4v) is 2.58. The molecule has 26 heavy (non-hydrogen) atoms. The van der Waals surface area contributed by atoms with E-state index >= 15 is 0 Å². The van der Waals surface area contributed by atoms with E-state index in [1.165, 1.54) is 6.07 Å². The van der Waals surface area contributed by atoms with E-state index in [-0.39, 0.29) is 11.3 Å². The molecule has 0 saturated heterocycles. The van der Waals surface area contributed by atoms with Gasteiger partial charge in [-0.3, -0.25) is 0 Å². The van der Waals surface area contributed by atoms with Gasteiger partial charge in [0.15, 0.2) is 6.08 Å². The lowest BCUT2D eigenvalue weighted by Gasteiger charge is -2.20. The van der Waals surface area contributed by atoms with Gasteiger partial charge >= 0.3 is 11.8 Å². The van der Waals surface area contributed by atoms with Gasteiger partial charge < -0.3 is 9.84 Å². The standard InChI is InChI=1S/C17H7F5N2O2/c18-9-3-8(6-23)4-10(5-9)26-13-2-1-12-14(11(13)7-24)15(25)17(21,22)16(12,19)20/h1-5,15,25H/t15-/m1/s1/i15D. The Morgan fingerprint density at radius 2 is 1.81 bits per heavy atom. The largest absolute Gasteiger partial charge is 0.456 e. The van der Waals surface area contributed by atoms with E-state index in [4.69, 9.17) is 11.4 Å². The summed E-state index contributed by atoms with van der Waals surface area (Å²) >= 11 is 0. The zero-order valence-electron chi connectivity index (χ0n) is 13.5. The van der Waals surface area contributed by atoms with Crippen molar-refractivity contribution in [1.29, 1.82) is 10.5 Å². The summed E-state index contributed by atoms with van der Waals surface area (Å²) < 4.78 is 81.8. The highest BCUT2D eigenvalue weighted by atomic mass is 19.3. The second-order valence-electron chi connectivity index (χ2n) is 5.36. The Balaban J connectivity index is 2.20. The van der Waals surface area contributed by atoms with Crippen molar-refractivity contribution >= 4 is 0 Å². The Hall–Kier alpha value is -3.17. The van der Waals surface area contributed by atoms with Gasteiger partial charge in [0.2, 0.25) is 0 Å². The van der Waals surface area contributed by atoms with E-state index in [9.17, 15) is 32.3 Å². The van der Waals surface area contributed by atoms with E-state index in [1.807, 2.05) is 0 Å². The van der Waals surface area contributed by atoms with Gasteiger partial charge in [-0.2, -0.15) is 28.1 Å². The quantitative estimate of drug-likeness (QED) is 0.810. The van der Waals surface area contributed by atoms with Crippen LogP contribution < -0.4 is 4.74 Å². The number of fused-ring (bicyclic) bond motifs is 1. The van der Waals surface area contributed by atoms with Crippen molar-refractivity contribution in [1.82, 2.24) is 0 Å². The molecule has 0 saturated carbocycles. The molecule has 0 unspecified atom stereocenters. The number of nitrogens with zero attached hydrogens (tertiary/aromatic N) is 2. The van der Waals surface area contributed by atoms with E-state index < -0.39 is 46.2 Å². The normalized spacial score (nSPS) is 22.7. The summed E-state index contributed by atoms with van der Waals surface area (Å²) in [5.41, 5.74) is -3.76. The molecule has 1 aliphatic rings. The molecule has 0 bridgehead atoms. The molecule has 4 nitrogen and oxygen atoms in total. The number of aliphatic hydroxyl groups is 1. The molecule has 0 radical (unpaired) electrons. The van der Waals surface area contributed by atoms with E-state index in [0.717, 1.165) is 24.3 Å². The molecule has 1 N–H and O–H groups in total. The van der Waals surface area contributed by atoms with Crippen LogP contribution in [0, 0.1) is 28.5 Å². The molecule has 9 heteroatoms. The summed E-state index contributed by atoms with van der Waals surface area (Å²) in [6.45, 7) is 0. The highest BCUT2D eigenvalue weighted by Crippen LogP contribution is 2.59. The Labute approximate surface area is 144 Å². The van der Waals surface area contributed by atoms with Crippen molar-refractivity contribution in [2.24, 2.45) is 0 Å². The molecule has 0 spiro atoms. The average molecular weight is 367 g/mol. The van der Waals surface area contributed by atoms with Crippen molar-refractivity contribution in [3.05, 3.63) is 58.4 Å². The molecule has 0 fully saturated rings. The first-order valence-corrected chi connectivity index (χ1v) is 6.92. The zero-order chi connectivity index (χ0) is 20.2. The van der Waals surface area contributed by atoms with Crippen LogP contribution in [0.15, 0.2) is 30.3 Å². The lowest BCUT2D eigenvalue weighted by molar-refractivity contribution is -0.246. The van der Waals surface area contributed by atoms with Gasteiger partial charge in [0, 0.05) is 17.2 Å². The number of rotatable bonds is 2. The van der Waals surface area contributed by atoms with Crippen LogP contribution in [0.1, 0.15) is 29.7 Å².